The molecule has 2 N–H and O–H groups in total. The average molecular weight is 309 g/mol. The molecule has 1 unspecified atom stereocenters. The monoisotopic (exact) mass is 309 g/mol. The molecular formula is C13H15N3O4S. The Morgan fingerprint density at radius 2 is 2.29 bits per heavy atom. The Bertz CT molecular complexity index is 722. The number of rotatable bonds is 6. The summed E-state index contributed by atoms with van der Waals surface area (Å²) in [6.45, 7) is 1.90. The van der Waals surface area contributed by atoms with Crippen LogP contribution in [0, 0.1) is 0 Å². The number of hydrogen-bond donors (Lipinski definition) is 2. The first-order valence-electron chi connectivity index (χ1n) is 6.50. The van der Waals surface area contributed by atoms with E-state index in [1.807, 2.05) is 6.92 Å². The van der Waals surface area contributed by atoms with Gasteiger partial charge in [-0.05, 0) is 6.42 Å². The highest BCUT2D eigenvalue weighted by Gasteiger charge is 2.19. The van der Waals surface area contributed by atoms with Crippen molar-refractivity contribution in [2.24, 2.45) is 0 Å². The first-order chi connectivity index (χ1) is 10.0. The lowest BCUT2D eigenvalue weighted by molar-refractivity contribution is -0.137. The van der Waals surface area contributed by atoms with E-state index in [-0.39, 0.29) is 12.0 Å². The van der Waals surface area contributed by atoms with Crippen LogP contribution in [0.2, 0.25) is 0 Å². The van der Waals surface area contributed by atoms with Crippen molar-refractivity contribution in [1.29, 1.82) is 0 Å². The van der Waals surface area contributed by atoms with Crippen molar-refractivity contribution in [3.8, 4) is 0 Å². The summed E-state index contributed by atoms with van der Waals surface area (Å²) in [5.74, 6) is -1.58. The van der Waals surface area contributed by atoms with Crippen LogP contribution in [0.5, 0.6) is 0 Å². The summed E-state index contributed by atoms with van der Waals surface area (Å²) in [5, 5.41) is 13.1. The Labute approximate surface area is 124 Å². The van der Waals surface area contributed by atoms with Crippen molar-refractivity contribution in [3.63, 3.8) is 0 Å². The number of nitrogens with zero attached hydrogens (tertiary/aromatic N) is 2. The zero-order valence-corrected chi connectivity index (χ0v) is 12.2. The van der Waals surface area contributed by atoms with Crippen molar-refractivity contribution in [2.45, 2.75) is 32.2 Å². The van der Waals surface area contributed by atoms with Crippen LogP contribution in [-0.2, 0) is 4.79 Å². The molecule has 8 heteroatoms. The molecule has 2 aromatic rings. The third-order valence-electron chi connectivity index (χ3n) is 2.98. The van der Waals surface area contributed by atoms with Crippen LogP contribution in [0.4, 0.5) is 0 Å². The fourth-order valence-corrected chi connectivity index (χ4v) is 2.70. The smallest absolute Gasteiger partial charge is 0.305 e. The minimum absolute atomic E-state index is 0.0857. The van der Waals surface area contributed by atoms with Gasteiger partial charge in [0.15, 0.2) is 4.96 Å². The molecule has 21 heavy (non-hydrogen) atoms. The van der Waals surface area contributed by atoms with Crippen LogP contribution >= 0.6 is 11.3 Å². The SMILES string of the molecule is CCCC(CC(=O)O)NC(=O)c1cnc2sccn2c1=O. The molecule has 0 spiro atoms. The number of carbonyl (C=O) groups is 2. The zero-order chi connectivity index (χ0) is 15.4. The molecule has 0 bridgehead atoms. The number of amides is 1. The molecule has 2 aromatic heterocycles. The molecule has 112 valence electrons. The highest BCUT2D eigenvalue weighted by Crippen LogP contribution is 2.07. The Morgan fingerprint density at radius 3 is 2.95 bits per heavy atom. The summed E-state index contributed by atoms with van der Waals surface area (Å²) < 4.78 is 1.30. The highest BCUT2D eigenvalue weighted by molar-refractivity contribution is 7.15. The van der Waals surface area contributed by atoms with E-state index in [2.05, 4.69) is 10.3 Å². The minimum Gasteiger partial charge on any atom is -0.481 e. The van der Waals surface area contributed by atoms with Gasteiger partial charge in [-0.15, -0.1) is 11.3 Å². The summed E-state index contributed by atoms with van der Waals surface area (Å²) in [6.07, 6.45) is 3.88. The summed E-state index contributed by atoms with van der Waals surface area (Å²) in [5.41, 5.74) is -0.540. The lowest BCUT2D eigenvalue weighted by atomic mass is 10.1. The maximum absolute atomic E-state index is 12.1. The molecule has 7 nitrogen and oxygen atoms in total. The standard InChI is InChI=1S/C13H15N3O4S/c1-2-3-8(6-10(17)18)15-11(19)9-7-14-13-16(12(9)20)4-5-21-13/h4-5,7-8H,2-3,6H2,1H3,(H,15,19)(H,17,18). The van der Waals surface area contributed by atoms with Crippen LogP contribution < -0.4 is 10.9 Å². The van der Waals surface area contributed by atoms with Crippen LogP contribution in [0.25, 0.3) is 4.96 Å². The molecule has 0 aliphatic rings. The Balaban J connectivity index is 2.22. The third kappa shape index (κ3) is 3.46. The second-order valence-electron chi connectivity index (χ2n) is 4.59. The number of carbonyl (C=O) groups excluding carboxylic acids is 1. The van der Waals surface area contributed by atoms with E-state index in [9.17, 15) is 14.4 Å². The number of thiazole rings is 1. The summed E-state index contributed by atoms with van der Waals surface area (Å²) >= 11 is 1.29. The molecule has 0 saturated carbocycles. The number of nitrogens with one attached hydrogen (secondary N) is 1. The normalized spacial score (nSPS) is 12.2. The second-order valence-corrected chi connectivity index (χ2v) is 5.46. The maximum Gasteiger partial charge on any atom is 0.305 e. The predicted molar refractivity (Wildman–Crippen MR) is 77.8 cm³/mol. The lowest BCUT2D eigenvalue weighted by Gasteiger charge is -2.15. The Morgan fingerprint density at radius 1 is 1.52 bits per heavy atom. The molecule has 2 rings (SSSR count). The fourth-order valence-electron chi connectivity index (χ4n) is 2.03. The van der Waals surface area contributed by atoms with Gasteiger partial charge in [0.2, 0.25) is 0 Å². The number of carboxylic acid groups (broad SMARTS) is 1. The topological polar surface area (TPSA) is 101 Å². The van der Waals surface area contributed by atoms with Crippen LogP contribution in [-0.4, -0.2) is 32.4 Å². The van der Waals surface area contributed by atoms with Crippen molar-refractivity contribution in [2.75, 3.05) is 0 Å². The third-order valence-corrected chi connectivity index (χ3v) is 3.75. The summed E-state index contributed by atoms with van der Waals surface area (Å²) in [4.78, 5) is 39.6. The highest BCUT2D eigenvalue weighted by atomic mass is 32.1. The molecule has 2 heterocycles. The summed E-state index contributed by atoms with van der Waals surface area (Å²) in [6, 6.07) is -0.498. The van der Waals surface area contributed by atoms with Gasteiger partial charge in [-0.3, -0.25) is 18.8 Å². The van der Waals surface area contributed by atoms with Gasteiger partial charge in [0, 0.05) is 23.8 Å². The largest absolute Gasteiger partial charge is 0.481 e. The number of carboxylic acids is 1. The molecule has 0 fully saturated rings. The lowest BCUT2D eigenvalue weighted by Crippen LogP contribution is -2.39. The first-order valence-corrected chi connectivity index (χ1v) is 7.38. The Hall–Kier alpha value is -2.22. The summed E-state index contributed by atoms with van der Waals surface area (Å²) in [7, 11) is 0. The van der Waals surface area contributed by atoms with Gasteiger partial charge in [0.25, 0.3) is 11.5 Å². The van der Waals surface area contributed by atoms with E-state index in [1.54, 1.807) is 11.6 Å². The molecule has 1 amide bonds. The molecule has 0 aromatic carbocycles. The number of aromatic nitrogens is 2. The minimum atomic E-state index is -0.989. The van der Waals surface area contributed by atoms with Crippen LogP contribution in [0.3, 0.4) is 0 Å². The Kier molecular flexibility index (Phi) is 4.69. The number of hydrogen-bond acceptors (Lipinski definition) is 5. The van der Waals surface area contributed by atoms with Gasteiger partial charge in [0.1, 0.15) is 5.56 Å². The van der Waals surface area contributed by atoms with Gasteiger partial charge >= 0.3 is 5.97 Å². The van der Waals surface area contributed by atoms with Crippen LogP contribution in [0.1, 0.15) is 36.5 Å². The number of aliphatic carboxylic acids is 1. The van der Waals surface area contributed by atoms with Crippen molar-refractivity contribution < 1.29 is 14.7 Å². The van der Waals surface area contributed by atoms with E-state index >= 15 is 0 Å². The second kappa shape index (κ2) is 6.49. The van der Waals surface area contributed by atoms with Crippen molar-refractivity contribution in [1.82, 2.24) is 14.7 Å². The van der Waals surface area contributed by atoms with Gasteiger partial charge < -0.3 is 10.4 Å². The molecule has 0 radical (unpaired) electrons. The van der Waals surface area contributed by atoms with E-state index in [0.717, 1.165) is 6.42 Å². The molecular weight excluding hydrogens is 294 g/mol. The van der Waals surface area contributed by atoms with E-state index in [0.29, 0.717) is 11.4 Å². The van der Waals surface area contributed by atoms with Crippen LogP contribution in [0.15, 0.2) is 22.6 Å². The predicted octanol–water partition coefficient (Wildman–Crippen LogP) is 1.13. The molecule has 0 aliphatic carbocycles. The zero-order valence-electron chi connectivity index (χ0n) is 11.4. The van der Waals surface area contributed by atoms with E-state index < -0.39 is 23.5 Å². The van der Waals surface area contributed by atoms with Gasteiger partial charge in [-0.25, -0.2) is 4.98 Å². The maximum atomic E-state index is 12.1. The molecule has 0 aliphatic heterocycles. The van der Waals surface area contributed by atoms with E-state index in [1.165, 1.54) is 21.9 Å². The molecule has 1 atom stereocenters. The van der Waals surface area contributed by atoms with Crippen molar-refractivity contribution in [3.05, 3.63) is 33.7 Å². The first kappa shape index (κ1) is 15.2. The van der Waals surface area contributed by atoms with Gasteiger partial charge in [-0.1, -0.05) is 13.3 Å². The quantitative estimate of drug-likeness (QED) is 0.833. The van der Waals surface area contributed by atoms with Gasteiger partial charge in [-0.2, -0.15) is 0 Å². The number of fused-ring (bicyclic) bond motifs is 1. The fraction of sp³-hybridized carbons (Fsp3) is 0.385. The molecule has 0 saturated heterocycles. The van der Waals surface area contributed by atoms with Crippen molar-refractivity contribution >= 4 is 28.2 Å². The van der Waals surface area contributed by atoms with Gasteiger partial charge in [0.05, 0.1) is 6.42 Å². The van der Waals surface area contributed by atoms with E-state index in [4.69, 9.17) is 5.11 Å². The average Bonchev–Trinajstić information content (AvgIpc) is 2.87.